The first-order valence-corrected chi connectivity index (χ1v) is 10.2. The third-order valence-corrected chi connectivity index (χ3v) is 5.63. The van der Waals surface area contributed by atoms with Crippen LogP contribution >= 0.6 is 0 Å². The van der Waals surface area contributed by atoms with E-state index >= 15 is 0 Å². The number of allylic oxidation sites excluding steroid dienone is 4. The molecule has 0 bridgehead atoms. The molecule has 0 atom stereocenters. The van der Waals surface area contributed by atoms with Crippen molar-refractivity contribution in [3.05, 3.63) is 75.6 Å². The van der Waals surface area contributed by atoms with Gasteiger partial charge in [0, 0.05) is 11.4 Å². The maximum atomic E-state index is 13.7. The van der Waals surface area contributed by atoms with E-state index < -0.39 is 0 Å². The molecule has 160 valence electrons. The maximum Gasteiger partial charge on any atom is 0.263 e. The zero-order chi connectivity index (χ0) is 23.0. The summed E-state index contributed by atoms with van der Waals surface area (Å²) in [5.74, 6) is 0.198. The fourth-order valence-corrected chi connectivity index (χ4v) is 3.99. The Balaban J connectivity index is 2.04. The molecule has 4 rings (SSSR count). The number of hydrogen-bond donors (Lipinski definition) is 1. The lowest BCUT2D eigenvalue weighted by atomic mass is 10.1. The lowest BCUT2D eigenvalue weighted by molar-refractivity contribution is 0.669. The molecule has 0 spiro atoms. The molecule has 32 heavy (non-hydrogen) atoms. The number of nitrogens with two attached hydrogens (primary N) is 1. The first kappa shape index (κ1) is 21.0. The highest BCUT2D eigenvalue weighted by atomic mass is 16.1. The number of fused-ring (bicyclic) bond motifs is 2. The topological polar surface area (TPSA) is 115 Å². The molecule has 0 radical (unpaired) electrons. The van der Waals surface area contributed by atoms with Crippen LogP contribution in [0, 0.1) is 18.3 Å². The van der Waals surface area contributed by atoms with Crippen molar-refractivity contribution in [3.8, 4) is 6.07 Å². The zero-order valence-corrected chi connectivity index (χ0v) is 18.4. The number of pyridine rings is 1. The number of anilines is 1. The highest BCUT2D eigenvalue weighted by Gasteiger charge is 2.19. The van der Waals surface area contributed by atoms with E-state index in [1.165, 1.54) is 6.33 Å². The van der Waals surface area contributed by atoms with Gasteiger partial charge in [-0.1, -0.05) is 30.4 Å². The van der Waals surface area contributed by atoms with Crippen molar-refractivity contribution < 1.29 is 0 Å². The fourth-order valence-electron chi connectivity index (χ4n) is 3.99. The molecule has 0 fully saturated rings. The number of nitrogens with zero attached hydrogens (tertiary/aromatic N) is 6. The minimum Gasteiger partial charge on any atom is -0.383 e. The number of aryl methyl sites for hydroxylation is 1. The van der Waals surface area contributed by atoms with Gasteiger partial charge < -0.3 is 5.73 Å². The standard InChI is InChI=1S/C24H23N7O/c1-5-7-14(2)16(4)31-18(10-17-9-6-8-15(3)20(17)24(31)32)12-30-23-21(19(11-25)29-30)22(26)27-13-28-23/h5-10,13H,12H2,1-4H3,(H2,26,27,28)/b7-5-,16-14+. The quantitative estimate of drug-likeness (QED) is 0.498. The summed E-state index contributed by atoms with van der Waals surface area (Å²) in [7, 11) is 0. The van der Waals surface area contributed by atoms with Crippen LogP contribution in [0.15, 0.2) is 53.1 Å². The molecule has 0 saturated carbocycles. The second-order valence-corrected chi connectivity index (χ2v) is 7.66. The summed E-state index contributed by atoms with van der Waals surface area (Å²) in [6.07, 6.45) is 5.25. The van der Waals surface area contributed by atoms with E-state index in [2.05, 4.69) is 21.1 Å². The largest absolute Gasteiger partial charge is 0.383 e. The molecule has 1 aromatic carbocycles. The summed E-state index contributed by atoms with van der Waals surface area (Å²) >= 11 is 0. The van der Waals surface area contributed by atoms with Gasteiger partial charge in [-0.3, -0.25) is 9.36 Å². The SMILES string of the molecule is C/C=C\C(C)=C(/C)n1c(Cn2nc(C#N)c3c(N)ncnc32)cc2cccc(C)c2c1=O. The molecule has 4 aromatic rings. The van der Waals surface area contributed by atoms with Crippen molar-refractivity contribution in [1.82, 2.24) is 24.3 Å². The van der Waals surface area contributed by atoms with Gasteiger partial charge in [-0.2, -0.15) is 10.4 Å². The minimum atomic E-state index is -0.0944. The lowest BCUT2D eigenvalue weighted by Gasteiger charge is -2.17. The average Bonchev–Trinajstić information content (AvgIpc) is 3.12. The lowest BCUT2D eigenvalue weighted by Crippen LogP contribution is -2.25. The highest BCUT2D eigenvalue weighted by molar-refractivity contribution is 5.90. The second kappa shape index (κ2) is 8.12. The number of aromatic nitrogens is 5. The molecule has 8 nitrogen and oxygen atoms in total. The Labute approximate surface area is 184 Å². The van der Waals surface area contributed by atoms with Gasteiger partial charge in [-0.05, 0) is 50.3 Å². The zero-order valence-electron chi connectivity index (χ0n) is 18.4. The molecule has 0 saturated heterocycles. The molecular formula is C24H23N7O. The number of rotatable bonds is 4. The average molecular weight is 425 g/mol. The molecule has 2 N–H and O–H groups in total. The van der Waals surface area contributed by atoms with Gasteiger partial charge in [0.2, 0.25) is 0 Å². The Morgan fingerprint density at radius 1 is 1.25 bits per heavy atom. The van der Waals surface area contributed by atoms with E-state index in [0.29, 0.717) is 16.4 Å². The molecule has 3 aromatic heterocycles. The molecule has 0 amide bonds. The van der Waals surface area contributed by atoms with Crippen molar-refractivity contribution in [2.75, 3.05) is 5.73 Å². The van der Waals surface area contributed by atoms with E-state index in [-0.39, 0.29) is 23.6 Å². The van der Waals surface area contributed by atoms with Crippen molar-refractivity contribution in [2.24, 2.45) is 0 Å². The summed E-state index contributed by atoms with van der Waals surface area (Å²) < 4.78 is 3.31. The third kappa shape index (κ3) is 3.34. The van der Waals surface area contributed by atoms with Gasteiger partial charge in [-0.15, -0.1) is 0 Å². The highest BCUT2D eigenvalue weighted by Crippen LogP contribution is 2.24. The van der Waals surface area contributed by atoms with E-state index in [4.69, 9.17) is 5.73 Å². The smallest absolute Gasteiger partial charge is 0.263 e. The molecule has 3 heterocycles. The fraction of sp³-hybridized carbons (Fsp3) is 0.208. The van der Waals surface area contributed by atoms with Crippen molar-refractivity contribution in [2.45, 2.75) is 34.2 Å². The number of nitrogen functional groups attached to an aromatic ring is 1. The van der Waals surface area contributed by atoms with Crippen LogP contribution in [0.1, 0.15) is 37.7 Å². The van der Waals surface area contributed by atoms with Crippen LogP contribution in [0.25, 0.3) is 27.5 Å². The Bertz CT molecular complexity index is 1530. The molecule has 0 aliphatic heterocycles. The van der Waals surface area contributed by atoms with Gasteiger partial charge in [0.25, 0.3) is 5.56 Å². The molecule has 0 aliphatic rings. The maximum absolute atomic E-state index is 13.7. The number of hydrogen-bond acceptors (Lipinski definition) is 6. The first-order chi connectivity index (χ1) is 15.4. The monoisotopic (exact) mass is 425 g/mol. The third-order valence-electron chi connectivity index (χ3n) is 5.63. The van der Waals surface area contributed by atoms with E-state index in [9.17, 15) is 10.1 Å². The van der Waals surface area contributed by atoms with Crippen molar-refractivity contribution in [1.29, 1.82) is 5.26 Å². The van der Waals surface area contributed by atoms with E-state index in [1.54, 1.807) is 9.25 Å². The van der Waals surface area contributed by atoms with Crippen LogP contribution < -0.4 is 11.3 Å². The summed E-state index contributed by atoms with van der Waals surface area (Å²) in [5, 5.41) is 15.9. The summed E-state index contributed by atoms with van der Waals surface area (Å²) in [6.45, 7) is 8.00. The predicted molar refractivity (Wildman–Crippen MR) is 126 cm³/mol. The van der Waals surface area contributed by atoms with Crippen molar-refractivity contribution >= 4 is 33.3 Å². The first-order valence-electron chi connectivity index (χ1n) is 10.2. The van der Waals surface area contributed by atoms with Crippen molar-refractivity contribution in [3.63, 3.8) is 0 Å². The summed E-state index contributed by atoms with van der Waals surface area (Å²) in [6, 6.07) is 9.84. The van der Waals surface area contributed by atoms with Crippen LogP contribution in [0.5, 0.6) is 0 Å². The Hall–Kier alpha value is -4.25. The molecule has 8 heteroatoms. The van der Waals surface area contributed by atoms with Gasteiger partial charge in [0.15, 0.2) is 11.3 Å². The number of nitriles is 1. The van der Waals surface area contributed by atoms with Gasteiger partial charge >= 0.3 is 0 Å². The normalized spacial score (nSPS) is 12.5. The van der Waals surface area contributed by atoms with E-state index in [0.717, 1.165) is 27.9 Å². The van der Waals surface area contributed by atoms with Crippen LogP contribution in [0.3, 0.4) is 0 Å². The van der Waals surface area contributed by atoms with Crippen LogP contribution in [-0.2, 0) is 6.54 Å². The summed E-state index contributed by atoms with van der Waals surface area (Å²) in [4.78, 5) is 21.9. The minimum absolute atomic E-state index is 0.0944. The Morgan fingerprint density at radius 3 is 2.75 bits per heavy atom. The Kier molecular flexibility index (Phi) is 5.33. The van der Waals surface area contributed by atoms with Crippen LogP contribution in [0.4, 0.5) is 5.82 Å². The molecule has 0 aliphatic carbocycles. The van der Waals surface area contributed by atoms with Gasteiger partial charge in [0.05, 0.1) is 17.3 Å². The predicted octanol–water partition coefficient (Wildman–Crippen LogP) is 3.78. The molecular weight excluding hydrogens is 402 g/mol. The van der Waals surface area contributed by atoms with Gasteiger partial charge in [0.1, 0.15) is 18.2 Å². The molecule has 0 unspecified atom stereocenters. The summed E-state index contributed by atoms with van der Waals surface area (Å²) in [5.41, 5.74) is 9.92. The van der Waals surface area contributed by atoms with Gasteiger partial charge in [-0.25, -0.2) is 14.6 Å². The second-order valence-electron chi connectivity index (χ2n) is 7.66. The van der Waals surface area contributed by atoms with Crippen LogP contribution in [-0.4, -0.2) is 24.3 Å². The van der Waals surface area contributed by atoms with Crippen LogP contribution in [0.2, 0.25) is 0 Å². The number of benzene rings is 1. The Morgan fingerprint density at radius 2 is 2.03 bits per heavy atom. The van der Waals surface area contributed by atoms with E-state index in [1.807, 2.05) is 64.1 Å².